The number of methoxy groups -OCH3 is 1. The fraction of sp³-hybridized carbons (Fsp3) is 0.556. The van der Waals surface area contributed by atoms with Crippen molar-refractivity contribution in [3.63, 3.8) is 0 Å². The summed E-state index contributed by atoms with van der Waals surface area (Å²) < 4.78 is 6.08. The number of ether oxygens (including phenoxy) is 1. The summed E-state index contributed by atoms with van der Waals surface area (Å²) in [4.78, 5) is 38.5. The molecule has 4 aliphatic rings. The molecule has 7 rings (SSSR count). The molecule has 4 N–H and O–H groups in total. The van der Waals surface area contributed by atoms with Gasteiger partial charge in [0.2, 0.25) is 5.91 Å². The summed E-state index contributed by atoms with van der Waals surface area (Å²) in [6.45, 7) is 9.12. The van der Waals surface area contributed by atoms with Gasteiger partial charge in [-0.05, 0) is 86.7 Å². The zero-order valence-corrected chi connectivity index (χ0v) is 34.7. The Morgan fingerprint density at radius 1 is 1.04 bits per heavy atom. The molecule has 11 nitrogen and oxygen atoms in total. The lowest BCUT2D eigenvalue weighted by atomic mass is 9.45. The Hall–Kier alpha value is -4.00. The number of aliphatic hydroxyl groups excluding tert-OH is 2. The Kier molecular flexibility index (Phi) is 12.8. The van der Waals surface area contributed by atoms with Crippen LogP contribution in [0.15, 0.2) is 66.7 Å². The number of nitrogens with one attached hydrogen (secondary N) is 2. The number of carbonyl (C=O) groups excluding carboxylic acids is 2. The first-order chi connectivity index (χ1) is 26.6. The molecule has 9 atom stereocenters. The summed E-state index contributed by atoms with van der Waals surface area (Å²) in [7, 11) is 9.49. The topological polar surface area (TPSA) is 127 Å². The number of amides is 2. The molecule has 0 spiro atoms. The molecule has 56 heavy (non-hydrogen) atoms. The SMILES string of the molecule is COc1c(CN2O[C@@H](CO)[C@H]([C@H](C)O)[C@H]2C(=O)N[C@H]2C[C@H]3C[C@@H]([C@@H]2C)C3(C)C)cccc1-c1ccc(C(=O)N[C@@H](Cc2ccccc2)CN(C)C)c(N(C)C)c1. The Balaban J connectivity index is 1.25. The maximum Gasteiger partial charge on any atom is 0.253 e. The highest BCUT2D eigenvalue weighted by molar-refractivity contribution is 6.01. The summed E-state index contributed by atoms with van der Waals surface area (Å²) >= 11 is 0. The number of aliphatic hydroxyl groups is 2. The van der Waals surface area contributed by atoms with E-state index >= 15 is 0 Å². The monoisotopic (exact) mass is 769 g/mol. The van der Waals surface area contributed by atoms with Gasteiger partial charge in [-0.3, -0.25) is 14.4 Å². The fourth-order valence-corrected chi connectivity index (χ4v) is 9.85. The first-order valence-corrected chi connectivity index (χ1v) is 20.1. The standard InChI is InChI=1S/C45H63N5O6/c1-27-36-22-32(45(36,3)4)23-37(27)47-44(54)41-40(28(2)52)39(26-51)56-50(41)24-31-16-13-17-34(42(31)55-9)30-18-19-35(38(21-30)49(7)8)43(53)46-33(25-48(5)6)20-29-14-11-10-12-15-29/h10-19,21,27-28,32-33,36-37,39-41,51-52H,20,22-26H2,1-9H3,(H,46,53)(H,47,54)/t27-,28-,32+,33-,36-,37-,39-,40-,41-/m0/s1. The van der Waals surface area contributed by atoms with Crippen LogP contribution in [0.4, 0.5) is 5.69 Å². The highest BCUT2D eigenvalue weighted by Crippen LogP contribution is 2.61. The minimum atomic E-state index is -0.895. The number of hydroxylamine groups is 2. The van der Waals surface area contributed by atoms with Gasteiger partial charge in [-0.25, -0.2) is 0 Å². The maximum atomic E-state index is 14.3. The van der Waals surface area contributed by atoms with E-state index in [-0.39, 0.29) is 42.5 Å². The van der Waals surface area contributed by atoms with Crippen molar-refractivity contribution in [2.75, 3.05) is 53.4 Å². The van der Waals surface area contributed by atoms with E-state index in [9.17, 15) is 19.8 Å². The van der Waals surface area contributed by atoms with Crippen LogP contribution in [0.25, 0.3) is 11.1 Å². The van der Waals surface area contributed by atoms with Crippen LogP contribution in [0.2, 0.25) is 0 Å². The highest BCUT2D eigenvalue weighted by atomic mass is 16.7. The molecule has 3 aromatic rings. The molecule has 1 aliphatic heterocycles. The van der Waals surface area contributed by atoms with Crippen LogP contribution in [0, 0.1) is 29.1 Å². The largest absolute Gasteiger partial charge is 0.496 e. The third-order valence-electron chi connectivity index (χ3n) is 13.0. The summed E-state index contributed by atoms with van der Waals surface area (Å²) in [5.41, 5.74) is 5.23. The van der Waals surface area contributed by atoms with Crippen molar-refractivity contribution in [1.29, 1.82) is 0 Å². The quantitative estimate of drug-likeness (QED) is 0.169. The van der Waals surface area contributed by atoms with Gasteiger partial charge in [0, 0.05) is 55.5 Å². The molecule has 304 valence electrons. The van der Waals surface area contributed by atoms with Crippen molar-refractivity contribution in [2.24, 2.45) is 29.1 Å². The number of likely N-dealkylation sites (N-methyl/N-ethyl adjacent to an activating group) is 1. The predicted molar refractivity (Wildman–Crippen MR) is 220 cm³/mol. The lowest BCUT2D eigenvalue weighted by Crippen LogP contribution is -2.62. The van der Waals surface area contributed by atoms with Crippen molar-refractivity contribution in [2.45, 2.75) is 83.8 Å². The van der Waals surface area contributed by atoms with Gasteiger partial charge in [-0.15, -0.1) is 0 Å². The van der Waals surface area contributed by atoms with Crippen molar-refractivity contribution in [1.82, 2.24) is 20.6 Å². The Labute approximate surface area is 333 Å². The van der Waals surface area contributed by atoms with E-state index in [1.807, 2.05) is 87.7 Å². The van der Waals surface area contributed by atoms with E-state index in [0.29, 0.717) is 42.0 Å². The molecule has 1 heterocycles. The third kappa shape index (κ3) is 8.48. The lowest BCUT2D eigenvalue weighted by molar-refractivity contribution is -0.183. The van der Waals surface area contributed by atoms with Crippen LogP contribution in [0.3, 0.4) is 0 Å². The van der Waals surface area contributed by atoms with Crippen molar-refractivity contribution in [3.8, 4) is 16.9 Å². The van der Waals surface area contributed by atoms with Crippen molar-refractivity contribution < 1.29 is 29.4 Å². The van der Waals surface area contributed by atoms with Gasteiger partial charge in [0.1, 0.15) is 17.9 Å². The van der Waals surface area contributed by atoms with Gasteiger partial charge < -0.3 is 35.4 Å². The average molecular weight is 770 g/mol. The van der Waals surface area contributed by atoms with Crippen LogP contribution in [-0.4, -0.2) is 111 Å². The first kappa shape index (κ1) is 41.6. The van der Waals surface area contributed by atoms with E-state index in [0.717, 1.165) is 34.4 Å². The van der Waals surface area contributed by atoms with Crippen LogP contribution in [-0.2, 0) is 22.6 Å². The molecule has 1 saturated heterocycles. The van der Waals surface area contributed by atoms with Crippen molar-refractivity contribution >= 4 is 17.5 Å². The number of hydrogen-bond donors (Lipinski definition) is 4. The molecule has 3 aliphatic carbocycles. The van der Waals surface area contributed by atoms with Gasteiger partial charge in [-0.1, -0.05) is 75.4 Å². The Bertz CT molecular complexity index is 1830. The highest BCUT2D eigenvalue weighted by Gasteiger charge is 2.57. The number of para-hydroxylation sites is 1. The Morgan fingerprint density at radius 3 is 2.38 bits per heavy atom. The summed E-state index contributed by atoms with van der Waals surface area (Å²) in [6, 6.07) is 21.0. The molecular weight excluding hydrogens is 707 g/mol. The van der Waals surface area contributed by atoms with E-state index in [4.69, 9.17) is 9.57 Å². The molecule has 0 radical (unpaired) electrons. The zero-order valence-electron chi connectivity index (χ0n) is 34.7. The number of anilines is 1. The van der Waals surface area contributed by atoms with Gasteiger partial charge in [0.05, 0.1) is 31.9 Å². The van der Waals surface area contributed by atoms with Crippen molar-refractivity contribution in [3.05, 3.63) is 83.4 Å². The normalized spacial score (nSPS) is 26.6. The van der Waals surface area contributed by atoms with E-state index < -0.39 is 24.2 Å². The van der Waals surface area contributed by atoms with E-state index in [1.54, 1.807) is 19.1 Å². The Morgan fingerprint density at radius 2 is 1.77 bits per heavy atom. The van der Waals surface area contributed by atoms with Crippen LogP contribution in [0.1, 0.15) is 62.0 Å². The number of rotatable bonds is 15. The van der Waals surface area contributed by atoms with Gasteiger partial charge in [0.25, 0.3) is 5.91 Å². The van der Waals surface area contributed by atoms with Gasteiger partial charge >= 0.3 is 0 Å². The minimum absolute atomic E-state index is 0.0421. The van der Waals surface area contributed by atoms with Gasteiger partial charge in [-0.2, -0.15) is 5.06 Å². The lowest BCUT2D eigenvalue weighted by Gasteiger charge is -2.62. The van der Waals surface area contributed by atoms with E-state index in [2.05, 4.69) is 48.4 Å². The molecular formula is C45H63N5O6. The number of fused-ring (bicyclic) bond motifs is 2. The smallest absolute Gasteiger partial charge is 0.253 e. The second-order valence-corrected chi connectivity index (χ2v) is 17.5. The number of benzene rings is 3. The third-order valence-corrected chi connectivity index (χ3v) is 13.0. The maximum absolute atomic E-state index is 14.3. The van der Waals surface area contributed by atoms with Crippen LogP contribution >= 0.6 is 0 Å². The zero-order chi connectivity index (χ0) is 40.5. The molecule has 0 unspecified atom stereocenters. The average Bonchev–Trinajstić information content (AvgIpc) is 3.53. The first-order valence-electron chi connectivity index (χ1n) is 20.1. The molecule has 11 heteroatoms. The van der Waals surface area contributed by atoms with Crippen LogP contribution in [0.5, 0.6) is 5.75 Å². The molecule has 2 bridgehead atoms. The number of nitrogens with zero attached hydrogens (tertiary/aromatic N) is 3. The minimum Gasteiger partial charge on any atom is -0.496 e. The number of carbonyl (C=O) groups is 2. The van der Waals surface area contributed by atoms with Gasteiger partial charge in [0.15, 0.2) is 0 Å². The summed E-state index contributed by atoms with van der Waals surface area (Å²) in [5, 5.41) is 29.6. The molecule has 3 aromatic carbocycles. The van der Waals surface area contributed by atoms with E-state index in [1.165, 1.54) is 6.42 Å². The molecule has 4 fully saturated rings. The number of hydrogen-bond acceptors (Lipinski definition) is 9. The fourth-order valence-electron chi connectivity index (χ4n) is 9.85. The molecule has 2 amide bonds. The molecule has 3 saturated carbocycles. The van der Waals surface area contributed by atoms with Crippen LogP contribution < -0.4 is 20.3 Å². The second kappa shape index (κ2) is 17.2. The summed E-state index contributed by atoms with van der Waals surface area (Å²) in [5.74, 6) is 1.10. The second-order valence-electron chi connectivity index (χ2n) is 17.5. The summed E-state index contributed by atoms with van der Waals surface area (Å²) in [6.07, 6.45) is 1.21. The predicted octanol–water partition coefficient (Wildman–Crippen LogP) is 4.99. The molecule has 0 aromatic heterocycles.